The highest BCUT2D eigenvalue weighted by Crippen LogP contribution is 2.43. The molecule has 3 aliphatic heterocycles. The number of hydrogen-bond acceptors (Lipinski definition) is 9. The van der Waals surface area contributed by atoms with E-state index >= 15 is 0 Å². The van der Waals surface area contributed by atoms with E-state index in [1.807, 2.05) is 65.0 Å². The number of likely N-dealkylation sites (N-methyl/N-ethyl adjacent to an activating group) is 1. The molecule has 5 atom stereocenters. The lowest BCUT2D eigenvalue weighted by molar-refractivity contribution is -0.155. The van der Waals surface area contributed by atoms with Gasteiger partial charge in [-0.05, 0) is 79.0 Å². The number of cyclic esters (lactones) is 1. The van der Waals surface area contributed by atoms with Crippen molar-refractivity contribution in [2.45, 2.75) is 104 Å². The lowest BCUT2D eigenvalue weighted by atomic mass is 9.84. The summed E-state index contributed by atoms with van der Waals surface area (Å²) in [5.74, 6) is -3.09. The van der Waals surface area contributed by atoms with Gasteiger partial charge >= 0.3 is 12.1 Å². The van der Waals surface area contributed by atoms with Crippen molar-refractivity contribution in [3.8, 4) is 22.4 Å². The molecule has 15 nitrogen and oxygen atoms in total. The number of likely N-dealkylation sites (tertiary alicyclic amines) is 1. The molecule has 0 aliphatic carbocycles. The Morgan fingerprint density at radius 1 is 1.09 bits per heavy atom. The summed E-state index contributed by atoms with van der Waals surface area (Å²) in [6.45, 7) is 12.2. The molecule has 4 aromatic rings. The number of halogens is 3. The van der Waals surface area contributed by atoms with E-state index in [2.05, 4.69) is 22.4 Å². The summed E-state index contributed by atoms with van der Waals surface area (Å²) in [4.78, 5) is 72.2. The summed E-state index contributed by atoms with van der Waals surface area (Å²) in [5, 5.41) is 9.39. The molecule has 2 aromatic heterocycles. The first-order chi connectivity index (χ1) is 32.1. The Bertz CT molecular complexity index is 2580. The maximum Gasteiger partial charge on any atom is 0.406 e. The molecule has 366 valence electrons. The molecule has 6 bridgehead atoms. The van der Waals surface area contributed by atoms with Gasteiger partial charge in [0.2, 0.25) is 17.7 Å². The van der Waals surface area contributed by atoms with Gasteiger partial charge in [0.15, 0.2) is 0 Å². The van der Waals surface area contributed by atoms with Gasteiger partial charge in [-0.15, -0.1) is 0 Å². The largest absolute Gasteiger partial charge is 0.464 e. The van der Waals surface area contributed by atoms with Crippen LogP contribution in [0.1, 0.15) is 76.8 Å². The zero-order valence-corrected chi connectivity index (χ0v) is 40.1. The number of esters is 1. The first-order valence-corrected chi connectivity index (χ1v) is 23.2. The van der Waals surface area contributed by atoms with Gasteiger partial charge in [0.25, 0.3) is 5.91 Å². The second-order valence-corrected chi connectivity index (χ2v) is 19.5. The van der Waals surface area contributed by atoms with Crippen LogP contribution in [0.5, 0.6) is 0 Å². The van der Waals surface area contributed by atoms with Gasteiger partial charge in [0, 0.05) is 69.1 Å². The lowest BCUT2D eigenvalue weighted by Gasteiger charge is -2.37. The van der Waals surface area contributed by atoms with Gasteiger partial charge < -0.3 is 29.2 Å². The SMILES string of the molecule is C=CC(=O)N1CC[C@H](C(=O)N(C)C(C(=O)N[C@H]2Cc3cccc(c3)-c3ccc4c(c3)c(c(-c3cnn(C)c3[C@H](C)OC)n4CC(F)(F)F)CC(C)(C)COC(=O)[C@@H]3CCCN(N3)C2=O)C(C)C)C1. The molecule has 3 aliphatic rings. The molecular weight excluding hydrogens is 882 g/mol. The van der Waals surface area contributed by atoms with Crippen molar-refractivity contribution in [2.24, 2.45) is 24.3 Å². The van der Waals surface area contributed by atoms with E-state index in [-0.39, 0.29) is 50.3 Å². The number of nitrogens with one attached hydrogen (secondary N) is 2. The van der Waals surface area contributed by atoms with Crippen LogP contribution < -0.4 is 10.7 Å². The van der Waals surface area contributed by atoms with Gasteiger partial charge in [0.05, 0.1) is 36.2 Å². The number of hydrazine groups is 1. The summed E-state index contributed by atoms with van der Waals surface area (Å²) in [7, 11) is 4.81. The van der Waals surface area contributed by atoms with Crippen LogP contribution in [0.25, 0.3) is 33.3 Å². The number of hydrogen-bond donors (Lipinski definition) is 2. The number of carbonyl (C=O) groups excluding carboxylic acids is 5. The van der Waals surface area contributed by atoms with E-state index in [9.17, 15) is 37.1 Å². The van der Waals surface area contributed by atoms with Gasteiger partial charge in [-0.3, -0.25) is 33.7 Å². The monoisotopic (exact) mass is 944 g/mol. The first-order valence-electron chi connectivity index (χ1n) is 23.2. The van der Waals surface area contributed by atoms with Gasteiger partial charge in [-0.2, -0.15) is 18.3 Å². The van der Waals surface area contributed by atoms with E-state index in [0.29, 0.717) is 70.4 Å². The summed E-state index contributed by atoms with van der Waals surface area (Å²) < 4.78 is 58.7. The minimum Gasteiger partial charge on any atom is -0.464 e. The Morgan fingerprint density at radius 3 is 2.51 bits per heavy atom. The van der Waals surface area contributed by atoms with E-state index in [1.54, 1.807) is 42.0 Å². The standard InChI is InChI=1S/C50H63F3N8O7/c1-10-41(62)59-20-18-34(26-59)46(64)57(7)42(29(2)3)45(63)55-39-22-31-13-11-14-32(21-31)33-16-17-40-35(23-33)36(24-49(5,6)28-68-48(66)38-15-12-19-61(56-38)47(39)65)44(60(40)27-50(51,52)53)37-25-54-58(8)43(37)30(4)67-9/h10-11,13-14,16-17,21,23,25,29-30,34,38-39,42,56H,1,12,15,18-20,22,24,26-28H2,2-9H3,(H,55,63)/t30-,34-,38-,39-,42?/m0/s1. The van der Waals surface area contributed by atoms with Crippen molar-refractivity contribution in [3.63, 3.8) is 0 Å². The average Bonchev–Trinajstić information content (AvgIpc) is 4.02. The number of aryl methyl sites for hydroxylation is 1. The van der Waals surface area contributed by atoms with Crippen LogP contribution >= 0.6 is 0 Å². The second-order valence-electron chi connectivity index (χ2n) is 19.5. The Labute approximate surface area is 394 Å². The number of ether oxygens (including phenoxy) is 2. The smallest absolute Gasteiger partial charge is 0.406 e. The van der Waals surface area contributed by atoms with Crippen LogP contribution in [-0.4, -0.2) is 123 Å². The van der Waals surface area contributed by atoms with Crippen LogP contribution in [0.3, 0.4) is 0 Å². The predicted octanol–water partition coefficient (Wildman–Crippen LogP) is 6.14. The van der Waals surface area contributed by atoms with Crippen molar-refractivity contribution in [1.29, 1.82) is 0 Å². The fourth-order valence-electron chi connectivity index (χ4n) is 10.1. The van der Waals surface area contributed by atoms with Crippen molar-refractivity contribution in [2.75, 3.05) is 40.4 Å². The van der Waals surface area contributed by atoms with Gasteiger partial charge in [-0.1, -0.05) is 64.6 Å². The van der Waals surface area contributed by atoms with Crippen molar-refractivity contribution < 1.29 is 46.6 Å². The number of fused-ring (bicyclic) bond motifs is 6. The highest BCUT2D eigenvalue weighted by Gasteiger charge is 2.41. The highest BCUT2D eigenvalue weighted by atomic mass is 19.4. The molecule has 1 unspecified atom stereocenters. The molecule has 18 heteroatoms. The molecular formula is C50H63F3N8O7. The van der Waals surface area contributed by atoms with Crippen LogP contribution in [0.2, 0.25) is 0 Å². The van der Waals surface area contributed by atoms with E-state index in [0.717, 1.165) is 5.56 Å². The van der Waals surface area contributed by atoms with E-state index in [4.69, 9.17) is 9.47 Å². The minimum absolute atomic E-state index is 0.0185. The number of benzene rings is 2. The number of rotatable bonds is 10. The summed E-state index contributed by atoms with van der Waals surface area (Å²) in [6.07, 6.45) is -0.852. The average molecular weight is 945 g/mol. The molecule has 0 radical (unpaired) electrons. The Kier molecular flexibility index (Phi) is 14.6. The molecule has 7 rings (SSSR count). The second kappa shape index (κ2) is 19.9. The zero-order chi connectivity index (χ0) is 49.4. The van der Waals surface area contributed by atoms with Crippen LogP contribution in [-0.2, 0) is 59.9 Å². The van der Waals surface area contributed by atoms with Crippen LogP contribution in [0, 0.1) is 17.3 Å². The third-order valence-corrected chi connectivity index (χ3v) is 13.5. The van der Waals surface area contributed by atoms with Gasteiger partial charge in [-0.25, -0.2) is 5.43 Å². The molecule has 2 fully saturated rings. The molecule has 2 N–H and O–H groups in total. The molecule has 2 aromatic carbocycles. The minimum atomic E-state index is -4.59. The maximum atomic E-state index is 14.7. The fourth-order valence-corrected chi connectivity index (χ4v) is 10.1. The van der Waals surface area contributed by atoms with Crippen molar-refractivity contribution in [3.05, 3.63) is 78.1 Å². The molecule has 5 heterocycles. The number of aromatic nitrogens is 3. The Balaban J connectivity index is 1.32. The summed E-state index contributed by atoms with van der Waals surface area (Å²) in [5.41, 5.74) is 6.75. The van der Waals surface area contributed by atoms with E-state index in [1.165, 1.54) is 27.7 Å². The predicted molar refractivity (Wildman–Crippen MR) is 249 cm³/mol. The van der Waals surface area contributed by atoms with Gasteiger partial charge in [0.1, 0.15) is 24.7 Å². The number of alkyl halides is 3. The number of methoxy groups -OCH3 is 1. The Hall–Kier alpha value is -6.01. The molecule has 0 spiro atoms. The third-order valence-electron chi connectivity index (χ3n) is 13.5. The normalized spacial score (nSPS) is 21.0. The summed E-state index contributed by atoms with van der Waals surface area (Å²) in [6, 6.07) is 9.72. The topological polar surface area (TPSA) is 160 Å². The molecule has 68 heavy (non-hydrogen) atoms. The maximum absolute atomic E-state index is 14.7. The Morgan fingerprint density at radius 2 is 1.82 bits per heavy atom. The molecule has 4 amide bonds. The first kappa shape index (κ1) is 49.9. The van der Waals surface area contributed by atoms with Crippen LogP contribution in [0.15, 0.2) is 61.3 Å². The fraction of sp³-hybridized carbons (Fsp3) is 0.520. The van der Waals surface area contributed by atoms with Crippen molar-refractivity contribution >= 4 is 40.5 Å². The quantitative estimate of drug-likeness (QED) is 0.141. The number of amides is 4. The van der Waals surface area contributed by atoms with Crippen LogP contribution in [0.4, 0.5) is 13.2 Å². The number of carbonyl (C=O) groups is 5. The van der Waals surface area contributed by atoms with E-state index < -0.39 is 66.1 Å². The van der Waals surface area contributed by atoms with Crippen molar-refractivity contribution in [1.82, 2.24) is 39.9 Å². The molecule has 2 saturated heterocycles. The third kappa shape index (κ3) is 10.5. The highest BCUT2D eigenvalue weighted by molar-refractivity contribution is 5.96. The molecule has 0 saturated carbocycles. The number of nitrogens with zero attached hydrogens (tertiary/aromatic N) is 6. The zero-order valence-electron chi connectivity index (χ0n) is 40.1. The summed E-state index contributed by atoms with van der Waals surface area (Å²) >= 11 is 0. The lowest BCUT2D eigenvalue weighted by Crippen LogP contribution is -2.62.